The van der Waals surface area contributed by atoms with E-state index in [1.165, 1.54) is 6.20 Å². The zero-order valence-electron chi connectivity index (χ0n) is 12.4. The van der Waals surface area contributed by atoms with Gasteiger partial charge in [0.05, 0.1) is 11.2 Å². The highest BCUT2D eigenvalue weighted by Gasteiger charge is 2.23. The first kappa shape index (κ1) is 16.2. The number of hydrogen-bond acceptors (Lipinski definition) is 3. The van der Waals surface area contributed by atoms with E-state index in [2.05, 4.69) is 25.9 Å². The smallest absolute Gasteiger partial charge is 0.183 e. The fourth-order valence-electron chi connectivity index (χ4n) is 2.19. The number of nitrogens with zero attached hydrogens (tertiary/aromatic N) is 2. The largest absolute Gasteiger partial charge is 0.327 e. The Hall–Kier alpha value is -0.870. The fourth-order valence-corrected chi connectivity index (χ4v) is 2.42. The lowest BCUT2D eigenvalue weighted by molar-refractivity contribution is 0.0956. The maximum atomic E-state index is 12.3. The topological polar surface area (TPSA) is 60.9 Å². The average Bonchev–Trinajstić information content (AvgIpc) is 2.56. The van der Waals surface area contributed by atoms with Crippen molar-refractivity contribution in [3.05, 3.63) is 16.9 Å². The fraction of sp³-hybridized carbons (Fsp3) is 0.714. The molecule has 1 unspecified atom stereocenters. The van der Waals surface area contributed by atoms with E-state index in [1.54, 1.807) is 4.68 Å². The molecule has 1 aromatic rings. The summed E-state index contributed by atoms with van der Waals surface area (Å²) in [6, 6.07) is -0.0515. The van der Waals surface area contributed by atoms with E-state index >= 15 is 0 Å². The lowest BCUT2D eigenvalue weighted by Gasteiger charge is -2.22. The van der Waals surface area contributed by atoms with E-state index in [-0.39, 0.29) is 23.3 Å². The standard InChI is InChI=1S/C14H24ClN3O/c1-9(2)18-13(11(15)8-17-18)12(19)6-10(16)7-14(3,4)5/h8-10H,6-7,16H2,1-5H3. The number of carbonyl (C=O) groups is 1. The minimum atomic E-state index is -0.154. The van der Waals surface area contributed by atoms with Crippen LogP contribution in [0.1, 0.15) is 64.0 Å². The van der Waals surface area contributed by atoms with E-state index < -0.39 is 0 Å². The maximum absolute atomic E-state index is 12.3. The van der Waals surface area contributed by atoms with Gasteiger partial charge in [-0.15, -0.1) is 0 Å². The number of hydrogen-bond donors (Lipinski definition) is 1. The number of nitrogens with two attached hydrogens (primary N) is 1. The molecule has 2 N–H and O–H groups in total. The molecule has 108 valence electrons. The number of halogens is 1. The Morgan fingerprint density at radius 1 is 1.47 bits per heavy atom. The summed E-state index contributed by atoms with van der Waals surface area (Å²) < 4.78 is 1.66. The van der Waals surface area contributed by atoms with Gasteiger partial charge in [-0.05, 0) is 25.7 Å². The van der Waals surface area contributed by atoms with E-state index in [9.17, 15) is 4.79 Å². The first-order chi connectivity index (χ1) is 8.61. The first-order valence-electron chi connectivity index (χ1n) is 6.63. The van der Waals surface area contributed by atoms with Crippen LogP contribution in [0.2, 0.25) is 5.02 Å². The quantitative estimate of drug-likeness (QED) is 0.843. The highest BCUT2D eigenvalue weighted by molar-refractivity contribution is 6.33. The molecule has 1 atom stereocenters. The molecule has 0 saturated carbocycles. The Kier molecular flexibility index (Phi) is 5.16. The molecule has 0 aliphatic rings. The molecule has 0 aliphatic carbocycles. The van der Waals surface area contributed by atoms with Crippen molar-refractivity contribution in [2.75, 3.05) is 0 Å². The number of aromatic nitrogens is 2. The summed E-state index contributed by atoms with van der Waals surface area (Å²) in [5, 5.41) is 4.55. The predicted molar refractivity (Wildman–Crippen MR) is 78.6 cm³/mol. The second-order valence-corrected chi connectivity index (χ2v) is 6.94. The van der Waals surface area contributed by atoms with Crippen molar-refractivity contribution in [3.63, 3.8) is 0 Å². The number of Topliss-reactive ketones (excluding diaryl/α,β-unsaturated/α-hetero) is 1. The molecule has 0 bridgehead atoms. The van der Waals surface area contributed by atoms with Crippen LogP contribution in [0.5, 0.6) is 0 Å². The van der Waals surface area contributed by atoms with Gasteiger partial charge in [0.15, 0.2) is 5.78 Å². The van der Waals surface area contributed by atoms with Crippen molar-refractivity contribution in [2.24, 2.45) is 11.1 Å². The van der Waals surface area contributed by atoms with Gasteiger partial charge in [-0.3, -0.25) is 9.48 Å². The average molecular weight is 286 g/mol. The molecule has 0 aliphatic heterocycles. The molecule has 19 heavy (non-hydrogen) atoms. The second kappa shape index (κ2) is 6.06. The van der Waals surface area contributed by atoms with Gasteiger partial charge in [0.2, 0.25) is 0 Å². The maximum Gasteiger partial charge on any atom is 0.183 e. The summed E-state index contributed by atoms with van der Waals surface area (Å²) in [6.45, 7) is 10.3. The minimum absolute atomic E-state index is 0.0343. The summed E-state index contributed by atoms with van der Waals surface area (Å²) in [7, 11) is 0. The molecule has 0 amide bonds. The Morgan fingerprint density at radius 3 is 2.53 bits per heavy atom. The van der Waals surface area contributed by atoms with Gasteiger partial charge in [-0.1, -0.05) is 32.4 Å². The van der Waals surface area contributed by atoms with Gasteiger partial charge in [-0.2, -0.15) is 5.10 Å². The zero-order valence-corrected chi connectivity index (χ0v) is 13.2. The molecule has 1 aromatic heterocycles. The van der Waals surface area contributed by atoms with Crippen LogP contribution in [0.3, 0.4) is 0 Å². The highest BCUT2D eigenvalue weighted by Crippen LogP contribution is 2.24. The molecule has 4 nitrogen and oxygen atoms in total. The van der Waals surface area contributed by atoms with Crippen molar-refractivity contribution in [2.45, 2.75) is 59.5 Å². The van der Waals surface area contributed by atoms with Crippen molar-refractivity contribution in [1.82, 2.24) is 9.78 Å². The minimum Gasteiger partial charge on any atom is -0.327 e. The second-order valence-electron chi connectivity index (χ2n) is 6.53. The normalized spacial score (nSPS) is 13.9. The van der Waals surface area contributed by atoms with Crippen LogP contribution in [-0.4, -0.2) is 21.6 Å². The summed E-state index contributed by atoms with van der Waals surface area (Å²) >= 11 is 6.06. The first-order valence-corrected chi connectivity index (χ1v) is 7.01. The zero-order chi connectivity index (χ0) is 14.8. The summed E-state index contributed by atoms with van der Waals surface area (Å²) in [5.41, 5.74) is 6.64. The van der Waals surface area contributed by atoms with Crippen molar-refractivity contribution >= 4 is 17.4 Å². The van der Waals surface area contributed by atoms with Crippen LogP contribution in [-0.2, 0) is 0 Å². The molecule has 5 heteroatoms. The SMILES string of the molecule is CC(C)n1ncc(Cl)c1C(=O)CC(N)CC(C)(C)C. The van der Waals surface area contributed by atoms with Crippen LogP contribution >= 0.6 is 11.6 Å². The summed E-state index contributed by atoms with van der Waals surface area (Å²) in [6.07, 6.45) is 2.62. The molecule has 1 heterocycles. The molecule has 0 saturated heterocycles. The summed E-state index contributed by atoms with van der Waals surface area (Å²) in [4.78, 5) is 12.3. The number of ketones is 1. The van der Waals surface area contributed by atoms with Gasteiger partial charge in [0, 0.05) is 18.5 Å². The van der Waals surface area contributed by atoms with Crippen LogP contribution in [0.15, 0.2) is 6.20 Å². The van der Waals surface area contributed by atoms with Crippen molar-refractivity contribution in [3.8, 4) is 0 Å². The Morgan fingerprint density at radius 2 is 2.05 bits per heavy atom. The molecule has 0 fully saturated rings. The van der Waals surface area contributed by atoms with E-state index in [0.29, 0.717) is 17.1 Å². The molecule has 0 radical (unpaired) electrons. The third-order valence-corrected chi connectivity index (χ3v) is 3.10. The lowest BCUT2D eigenvalue weighted by atomic mass is 9.86. The van der Waals surface area contributed by atoms with Crippen LogP contribution < -0.4 is 5.73 Å². The van der Waals surface area contributed by atoms with Crippen LogP contribution in [0.4, 0.5) is 0 Å². The van der Waals surface area contributed by atoms with Crippen LogP contribution in [0.25, 0.3) is 0 Å². The van der Waals surface area contributed by atoms with Crippen molar-refractivity contribution < 1.29 is 4.79 Å². The predicted octanol–water partition coefficient (Wildman–Crippen LogP) is 3.45. The van der Waals surface area contributed by atoms with Crippen molar-refractivity contribution in [1.29, 1.82) is 0 Å². The van der Waals surface area contributed by atoms with E-state index in [1.807, 2.05) is 13.8 Å². The lowest BCUT2D eigenvalue weighted by Crippen LogP contribution is -2.29. The highest BCUT2D eigenvalue weighted by atomic mass is 35.5. The Balaban J connectivity index is 2.81. The molecule has 0 aromatic carbocycles. The number of carbonyl (C=O) groups excluding carboxylic acids is 1. The number of rotatable bonds is 5. The van der Waals surface area contributed by atoms with Gasteiger partial charge >= 0.3 is 0 Å². The molecular weight excluding hydrogens is 262 g/mol. The molecular formula is C14H24ClN3O. The van der Waals surface area contributed by atoms with Gasteiger partial charge < -0.3 is 5.73 Å². The van der Waals surface area contributed by atoms with E-state index in [0.717, 1.165) is 6.42 Å². The third-order valence-electron chi connectivity index (χ3n) is 2.83. The molecule has 1 rings (SSSR count). The molecule has 0 spiro atoms. The Bertz CT molecular complexity index is 446. The third kappa shape index (κ3) is 4.62. The summed E-state index contributed by atoms with van der Waals surface area (Å²) in [5.74, 6) is -0.0343. The Labute approximate surface area is 120 Å². The monoisotopic (exact) mass is 285 g/mol. The van der Waals surface area contributed by atoms with Gasteiger partial charge in [0.1, 0.15) is 5.69 Å². The van der Waals surface area contributed by atoms with Crippen LogP contribution in [0, 0.1) is 5.41 Å². The van der Waals surface area contributed by atoms with Gasteiger partial charge in [0.25, 0.3) is 0 Å². The van der Waals surface area contributed by atoms with E-state index in [4.69, 9.17) is 17.3 Å². The van der Waals surface area contributed by atoms with Gasteiger partial charge in [-0.25, -0.2) is 0 Å².